The first-order valence-corrected chi connectivity index (χ1v) is 34.1. The summed E-state index contributed by atoms with van der Waals surface area (Å²) in [5.74, 6) is -2.27. The van der Waals surface area contributed by atoms with Gasteiger partial charge in [0, 0.05) is 12.8 Å². The highest BCUT2D eigenvalue weighted by Gasteiger charge is 2.22. The molecule has 2 unspecified atom stereocenters. The van der Waals surface area contributed by atoms with Crippen molar-refractivity contribution in [3.8, 4) is 0 Å². The van der Waals surface area contributed by atoms with Gasteiger partial charge in [0.05, 0.1) is 40.3 Å². The molecule has 0 aliphatic heterocycles. The number of carboxylic acid groups (broad SMARTS) is 1. The van der Waals surface area contributed by atoms with E-state index in [9.17, 15) is 19.5 Å². The highest BCUT2D eigenvalue weighted by atomic mass is 16.7. The molecule has 81 heavy (non-hydrogen) atoms. The Morgan fingerprint density at radius 2 is 0.667 bits per heavy atom. The fourth-order valence-electron chi connectivity index (χ4n) is 9.67. The molecule has 0 aromatic heterocycles. The predicted molar refractivity (Wildman–Crippen MR) is 343 cm³/mol. The molecule has 0 bridgehead atoms. The first kappa shape index (κ1) is 77.7. The van der Waals surface area contributed by atoms with Crippen LogP contribution in [0.1, 0.15) is 309 Å². The first-order chi connectivity index (χ1) is 39.6. The Morgan fingerprint density at radius 1 is 0.370 bits per heavy atom. The van der Waals surface area contributed by atoms with E-state index in [0.29, 0.717) is 17.4 Å². The number of hydrogen-bond donors (Lipinski definition) is 0. The molecule has 0 aromatic carbocycles. The van der Waals surface area contributed by atoms with E-state index in [1.165, 1.54) is 212 Å². The SMILES string of the molecule is CCCCCCC/C=C\C/C=C\C/C=C\CCCCCCCCCCCCCCCCC(=O)OC(COC(=O)CCCCCCCCCCCCCC/C=C\C/C=C\C/C=C\CCCCCCC)COC(OCC[N+](C)(C)C)C(=O)[O-]. The molecule has 0 saturated carbocycles. The maximum Gasteiger partial charge on any atom is 0.306 e. The number of quaternary nitrogens is 1. The summed E-state index contributed by atoms with van der Waals surface area (Å²) in [5, 5.41) is 11.8. The number of aliphatic carboxylic acids is 1. The Labute approximate surface area is 500 Å². The van der Waals surface area contributed by atoms with Crippen molar-refractivity contribution in [2.24, 2.45) is 0 Å². The highest BCUT2D eigenvalue weighted by molar-refractivity contribution is 5.70. The number of nitrogens with zero attached hydrogens (tertiary/aromatic N) is 1. The second-order valence-electron chi connectivity index (χ2n) is 24.1. The molecule has 2 atom stereocenters. The molecule has 0 amide bonds. The average molecular weight is 1140 g/mol. The van der Waals surface area contributed by atoms with E-state index in [4.69, 9.17) is 18.9 Å². The summed E-state index contributed by atoms with van der Waals surface area (Å²) in [4.78, 5) is 37.5. The van der Waals surface area contributed by atoms with Gasteiger partial charge in [-0.15, -0.1) is 0 Å². The molecule has 9 nitrogen and oxygen atoms in total. The molecule has 0 aromatic rings. The van der Waals surface area contributed by atoms with E-state index < -0.39 is 24.3 Å². The zero-order chi connectivity index (χ0) is 59.1. The highest BCUT2D eigenvalue weighted by Crippen LogP contribution is 2.17. The summed E-state index contributed by atoms with van der Waals surface area (Å²) >= 11 is 0. The number of carbonyl (C=O) groups is 3. The number of ether oxygens (including phenoxy) is 4. The van der Waals surface area contributed by atoms with Gasteiger partial charge in [-0.3, -0.25) is 9.59 Å². The minimum Gasteiger partial charge on any atom is -0.545 e. The van der Waals surface area contributed by atoms with E-state index >= 15 is 0 Å². The largest absolute Gasteiger partial charge is 0.545 e. The van der Waals surface area contributed by atoms with Crippen LogP contribution in [-0.2, 0) is 33.3 Å². The summed E-state index contributed by atoms with van der Waals surface area (Å²) in [7, 11) is 5.93. The standard InChI is InChI=1S/C72H129NO8/c1-6-8-10-12-14-16-18-20-22-24-26-28-30-32-34-35-37-39-41-43-45-47-49-51-53-55-57-59-61-63-70(75)81-68(67-80-72(71(76)77)78-65-64-73(3,4)5)66-79-69(74)62-60-58-56-54-52-50-48-46-44-42-40-38-36-33-31-29-27-25-23-21-19-17-15-13-11-9-7-2/h18-21,24-27,30-33,68,72H,6-17,22-23,28-29,34-67H2,1-5H3/b20-18-,21-19-,26-24-,27-25-,32-30-,33-31-. The second-order valence-corrected chi connectivity index (χ2v) is 24.1. The minimum absolute atomic E-state index is 0.146. The van der Waals surface area contributed by atoms with E-state index in [1.54, 1.807) is 0 Å². The van der Waals surface area contributed by atoms with Gasteiger partial charge in [-0.05, 0) is 89.9 Å². The Bertz CT molecular complexity index is 1560. The number of carboxylic acids is 1. The Hall–Kier alpha value is -3.27. The molecule has 470 valence electrons. The van der Waals surface area contributed by atoms with Gasteiger partial charge in [0.1, 0.15) is 13.2 Å². The van der Waals surface area contributed by atoms with E-state index in [-0.39, 0.29) is 38.6 Å². The quantitative estimate of drug-likeness (QED) is 0.0195. The van der Waals surface area contributed by atoms with Crippen LogP contribution in [0.5, 0.6) is 0 Å². The molecule has 0 saturated heterocycles. The number of likely N-dealkylation sites (N-methyl/N-ethyl adjacent to an activating group) is 1. The van der Waals surface area contributed by atoms with E-state index in [1.807, 2.05) is 21.1 Å². The number of allylic oxidation sites excluding steroid dienone is 12. The van der Waals surface area contributed by atoms with Crippen molar-refractivity contribution in [2.75, 3.05) is 47.5 Å². The lowest BCUT2D eigenvalue weighted by Gasteiger charge is -2.26. The molecule has 0 aliphatic carbocycles. The van der Waals surface area contributed by atoms with Crippen LogP contribution in [0.3, 0.4) is 0 Å². The molecule has 0 N–H and O–H groups in total. The van der Waals surface area contributed by atoms with Crippen LogP contribution in [0.25, 0.3) is 0 Å². The number of rotatable bonds is 63. The summed E-state index contributed by atoms with van der Waals surface area (Å²) in [5.41, 5.74) is 0. The second kappa shape index (κ2) is 62.8. The van der Waals surface area contributed by atoms with Crippen molar-refractivity contribution < 1.29 is 42.9 Å². The molecule has 9 heteroatoms. The Kier molecular flexibility index (Phi) is 60.2. The Balaban J connectivity index is 4.14. The van der Waals surface area contributed by atoms with Crippen molar-refractivity contribution in [3.05, 3.63) is 72.9 Å². The first-order valence-electron chi connectivity index (χ1n) is 34.1. The summed E-state index contributed by atoms with van der Waals surface area (Å²) in [6.07, 6.45) is 79.7. The molecular formula is C72H129NO8. The van der Waals surface area contributed by atoms with Crippen molar-refractivity contribution in [3.63, 3.8) is 0 Å². The van der Waals surface area contributed by atoms with Gasteiger partial charge in [-0.25, -0.2) is 0 Å². The van der Waals surface area contributed by atoms with E-state index in [0.717, 1.165) is 64.2 Å². The van der Waals surface area contributed by atoms with Gasteiger partial charge in [0.25, 0.3) is 0 Å². The van der Waals surface area contributed by atoms with Crippen LogP contribution in [0, 0.1) is 0 Å². The molecule has 0 radical (unpaired) electrons. The normalized spacial score (nSPS) is 13.1. The van der Waals surface area contributed by atoms with Crippen molar-refractivity contribution in [1.29, 1.82) is 0 Å². The van der Waals surface area contributed by atoms with Gasteiger partial charge >= 0.3 is 11.9 Å². The molecule has 0 fully saturated rings. The predicted octanol–water partition coefficient (Wildman–Crippen LogP) is 19.6. The van der Waals surface area contributed by atoms with Crippen LogP contribution in [0.15, 0.2) is 72.9 Å². The molecule has 0 rings (SSSR count). The van der Waals surface area contributed by atoms with Crippen molar-refractivity contribution in [2.45, 2.75) is 322 Å². The zero-order valence-electron chi connectivity index (χ0n) is 53.7. The third-order valence-electron chi connectivity index (χ3n) is 14.9. The van der Waals surface area contributed by atoms with Gasteiger partial charge in [-0.2, -0.15) is 0 Å². The molecule has 0 heterocycles. The lowest BCUT2D eigenvalue weighted by atomic mass is 10.0. The van der Waals surface area contributed by atoms with Crippen LogP contribution >= 0.6 is 0 Å². The van der Waals surface area contributed by atoms with Gasteiger partial charge in [0.2, 0.25) is 0 Å². The van der Waals surface area contributed by atoms with Gasteiger partial charge in [-0.1, -0.05) is 279 Å². The smallest absolute Gasteiger partial charge is 0.306 e. The maximum atomic E-state index is 12.9. The van der Waals surface area contributed by atoms with Crippen LogP contribution < -0.4 is 5.11 Å². The topological polar surface area (TPSA) is 111 Å². The molecular weight excluding hydrogens is 1010 g/mol. The minimum atomic E-state index is -1.62. The summed E-state index contributed by atoms with van der Waals surface area (Å²) in [6, 6.07) is 0. The lowest BCUT2D eigenvalue weighted by Crippen LogP contribution is -2.44. The third-order valence-corrected chi connectivity index (χ3v) is 14.9. The lowest BCUT2D eigenvalue weighted by molar-refractivity contribution is -0.870. The number of unbranched alkanes of at least 4 members (excludes halogenated alkanes) is 36. The summed E-state index contributed by atoms with van der Waals surface area (Å²) in [6.45, 7) is 4.76. The fourth-order valence-corrected chi connectivity index (χ4v) is 9.67. The van der Waals surface area contributed by atoms with Crippen molar-refractivity contribution in [1.82, 2.24) is 0 Å². The number of esters is 2. The Morgan fingerprint density at radius 3 is 0.988 bits per heavy atom. The third kappa shape index (κ3) is 64.1. The molecule has 0 aliphatic rings. The van der Waals surface area contributed by atoms with Crippen LogP contribution in [-0.4, -0.2) is 82.3 Å². The maximum absolute atomic E-state index is 12.9. The van der Waals surface area contributed by atoms with Crippen LogP contribution in [0.4, 0.5) is 0 Å². The molecule has 0 spiro atoms. The van der Waals surface area contributed by atoms with Gasteiger partial charge in [0.15, 0.2) is 12.4 Å². The van der Waals surface area contributed by atoms with Gasteiger partial charge < -0.3 is 33.3 Å². The number of hydrogen-bond acceptors (Lipinski definition) is 8. The van der Waals surface area contributed by atoms with E-state index in [2.05, 4.69) is 86.8 Å². The fraction of sp³-hybridized carbons (Fsp3) is 0.792. The summed E-state index contributed by atoms with van der Waals surface area (Å²) < 4.78 is 22.8. The number of carbonyl (C=O) groups excluding carboxylic acids is 3. The monoisotopic (exact) mass is 1140 g/mol. The van der Waals surface area contributed by atoms with Crippen molar-refractivity contribution >= 4 is 17.9 Å². The van der Waals surface area contributed by atoms with Crippen LogP contribution in [0.2, 0.25) is 0 Å². The average Bonchev–Trinajstić information content (AvgIpc) is 3.44. The zero-order valence-corrected chi connectivity index (χ0v) is 53.7.